The van der Waals surface area contributed by atoms with Crippen LogP contribution in [0.25, 0.3) is 0 Å². The molecule has 0 spiro atoms. The van der Waals surface area contributed by atoms with Gasteiger partial charge in [-0.3, -0.25) is 14.9 Å². The van der Waals surface area contributed by atoms with Gasteiger partial charge in [0, 0.05) is 36.3 Å². The number of anilines is 1. The van der Waals surface area contributed by atoms with Gasteiger partial charge in [-0.1, -0.05) is 12.1 Å². The molecule has 0 unspecified atom stereocenters. The second-order valence-corrected chi connectivity index (χ2v) is 7.15. The number of methoxy groups -OCH3 is 1. The Morgan fingerprint density at radius 3 is 2.38 bits per heavy atom. The number of benzene rings is 2. The minimum absolute atomic E-state index is 0.0464. The molecule has 7 nitrogen and oxygen atoms in total. The lowest BCUT2D eigenvalue weighted by molar-refractivity contribution is -0.384. The second-order valence-electron chi connectivity index (χ2n) is 7.15. The molecule has 1 fully saturated rings. The molecule has 0 aliphatic carbocycles. The van der Waals surface area contributed by atoms with E-state index in [0.717, 1.165) is 30.0 Å². The van der Waals surface area contributed by atoms with Gasteiger partial charge in [0.15, 0.2) is 0 Å². The molecule has 1 aliphatic heterocycles. The van der Waals surface area contributed by atoms with Crippen LogP contribution in [0.2, 0.25) is 0 Å². The summed E-state index contributed by atoms with van der Waals surface area (Å²) in [5.41, 5.74) is 2.00. The summed E-state index contributed by atoms with van der Waals surface area (Å²) in [7, 11) is 1.63. The smallest absolute Gasteiger partial charge is 0.311 e. The number of piperidine rings is 1. The Hall–Kier alpha value is -3.09. The number of nitro groups is 1. The van der Waals surface area contributed by atoms with E-state index < -0.39 is 4.92 Å². The predicted molar refractivity (Wildman–Crippen MR) is 110 cm³/mol. The first-order valence-electron chi connectivity index (χ1n) is 9.78. The van der Waals surface area contributed by atoms with Crippen molar-refractivity contribution in [2.24, 2.45) is 5.92 Å². The zero-order chi connectivity index (χ0) is 21.0. The molecule has 1 saturated heterocycles. The quantitative estimate of drug-likeness (QED) is 0.413. The van der Waals surface area contributed by atoms with Crippen molar-refractivity contribution in [1.29, 1.82) is 0 Å². The first-order chi connectivity index (χ1) is 14.0. The van der Waals surface area contributed by atoms with Crippen LogP contribution in [0.3, 0.4) is 0 Å². The number of rotatable bonds is 6. The molecule has 1 aliphatic rings. The van der Waals surface area contributed by atoms with E-state index in [1.807, 2.05) is 31.2 Å². The van der Waals surface area contributed by atoms with Crippen LogP contribution in [-0.2, 0) is 9.53 Å². The summed E-state index contributed by atoms with van der Waals surface area (Å²) in [5, 5.41) is 11.0. The average molecular weight is 398 g/mol. The molecule has 3 atom stereocenters. The summed E-state index contributed by atoms with van der Waals surface area (Å²) < 4.78 is 10.6. The van der Waals surface area contributed by atoms with Crippen LogP contribution in [-0.4, -0.2) is 37.2 Å². The van der Waals surface area contributed by atoms with E-state index in [1.54, 1.807) is 26.2 Å². The average Bonchev–Trinajstić information content (AvgIpc) is 2.73. The highest BCUT2D eigenvalue weighted by Crippen LogP contribution is 2.40. The third kappa shape index (κ3) is 4.34. The van der Waals surface area contributed by atoms with E-state index >= 15 is 0 Å². The first kappa shape index (κ1) is 20.6. The fourth-order valence-corrected chi connectivity index (χ4v) is 4.15. The lowest BCUT2D eigenvalue weighted by Crippen LogP contribution is -2.50. The molecule has 0 bridgehead atoms. The molecular formula is C22H26N2O5. The van der Waals surface area contributed by atoms with Crippen molar-refractivity contribution in [3.8, 4) is 5.75 Å². The Morgan fingerprint density at radius 2 is 1.83 bits per heavy atom. The highest BCUT2D eigenvalue weighted by Gasteiger charge is 2.42. The molecular weight excluding hydrogens is 372 g/mol. The molecule has 29 heavy (non-hydrogen) atoms. The molecule has 0 saturated carbocycles. The molecule has 154 valence electrons. The van der Waals surface area contributed by atoms with Crippen molar-refractivity contribution >= 4 is 17.3 Å². The highest BCUT2D eigenvalue weighted by atomic mass is 16.6. The maximum Gasteiger partial charge on any atom is 0.311 e. The van der Waals surface area contributed by atoms with Gasteiger partial charge in [0.1, 0.15) is 5.75 Å². The Kier molecular flexibility index (Phi) is 6.36. The van der Waals surface area contributed by atoms with Crippen LogP contribution >= 0.6 is 0 Å². The van der Waals surface area contributed by atoms with Gasteiger partial charge < -0.3 is 14.4 Å². The van der Waals surface area contributed by atoms with Crippen molar-refractivity contribution in [2.75, 3.05) is 25.2 Å². The number of non-ortho nitro benzene ring substituents is 1. The summed E-state index contributed by atoms with van der Waals surface area (Å²) in [6.07, 6.45) is 0.748. The van der Waals surface area contributed by atoms with Crippen LogP contribution < -0.4 is 9.64 Å². The molecule has 0 aromatic heterocycles. The van der Waals surface area contributed by atoms with E-state index in [4.69, 9.17) is 9.47 Å². The third-order valence-corrected chi connectivity index (χ3v) is 5.62. The fraction of sp³-hybridized carbons (Fsp3) is 0.409. The van der Waals surface area contributed by atoms with Gasteiger partial charge in [-0.25, -0.2) is 0 Å². The highest BCUT2D eigenvalue weighted by molar-refractivity contribution is 5.76. The van der Waals surface area contributed by atoms with Crippen LogP contribution in [0.4, 0.5) is 11.4 Å². The topological polar surface area (TPSA) is 81.9 Å². The molecule has 2 aromatic carbocycles. The minimum Gasteiger partial charge on any atom is -0.497 e. The van der Waals surface area contributed by atoms with Gasteiger partial charge in [0.05, 0.1) is 24.6 Å². The predicted octanol–water partition coefficient (Wildman–Crippen LogP) is 4.17. The summed E-state index contributed by atoms with van der Waals surface area (Å²) in [5.74, 6) is 0.122. The summed E-state index contributed by atoms with van der Waals surface area (Å²) in [6, 6.07) is 14.2. The first-order valence-corrected chi connectivity index (χ1v) is 9.78. The number of hydrogen-bond donors (Lipinski definition) is 0. The van der Waals surface area contributed by atoms with Gasteiger partial charge in [0.25, 0.3) is 5.69 Å². The maximum atomic E-state index is 12.9. The Labute approximate surface area is 170 Å². The van der Waals surface area contributed by atoms with Crippen molar-refractivity contribution < 1.29 is 19.2 Å². The Balaban J connectivity index is 1.90. The van der Waals surface area contributed by atoms with Crippen LogP contribution in [0.15, 0.2) is 48.5 Å². The molecule has 0 radical (unpaired) electrons. The van der Waals surface area contributed by atoms with Crippen molar-refractivity contribution in [3.05, 3.63) is 64.2 Å². The van der Waals surface area contributed by atoms with E-state index in [0.29, 0.717) is 6.61 Å². The van der Waals surface area contributed by atoms with Crippen LogP contribution in [0.1, 0.15) is 31.7 Å². The van der Waals surface area contributed by atoms with Gasteiger partial charge >= 0.3 is 5.97 Å². The van der Waals surface area contributed by atoms with Crippen LogP contribution in [0.5, 0.6) is 5.75 Å². The number of carbonyl (C=O) groups excluding carboxylic acids is 1. The number of carbonyl (C=O) groups is 1. The summed E-state index contributed by atoms with van der Waals surface area (Å²) in [6.45, 7) is 4.92. The summed E-state index contributed by atoms with van der Waals surface area (Å²) >= 11 is 0. The zero-order valence-electron chi connectivity index (χ0n) is 16.9. The lowest BCUT2D eigenvalue weighted by atomic mass is 9.76. The monoisotopic (exact) mass is 398 g/mol. The molecule has 0 amide bonds. The molecule has 0 N–H and O–H groups in total. The minimum atomic E-state index is -0.415. The largest absolute Gasteiger partial charge is 0.497 e. The summed E-state index contributed by atoms with van der Waals surface area (Å²) in [4.78, 5) is 25.6. The SMILES string of the molecule is CCOC(=O)[C@H]1[C@@H](c2ccc([N+](=O)[O-])cc2)CCN(c2ccc(OC)cc2)[C@H]1C. The van der Waals surface area contributed by atoms with Gasteiger partial charge in [0.2, 0.25) is 0 Å². The lowest BCUT2D eigenvalue weighted by Gasteiger charge is -2.44. The van der Waals surface area contributed by atoms with E-state index in [9.17, 15) is 14.9 Å². The van der Waals surface area contributed by atoms with E-state index in [1.165, 1.54) is 12.1 Å². The maximum absolute atomic E-state index is 12.9. The Bertz CT molecular complexity index is 851. The Morgan fingerprint density at radius 1 is 1.17 bits per heavy atom. The standard InChI is InChI=1S/C22H26N2O5/c1-4-29-22(25)21-15(2)23(17-9-11-19(28-3)12-10-17)14-13-20(21)16-5-7-18(8-6-16)24(26)27/h5-12,15,20-21H,4,13-14H2,1-3H3/t15-,20+,21+/m0/s1. The number of ether oxygens (including phenoxy) is 2. The van der Waals surface area contributed by atoms with Crippen molar-refractivity contribution in [2.45, 2.75) is 32.2 Å². The van der Waals surface area contributed by atoms with E-state index in [2.05, 4.69) is 4.90 Å². The number of esters is 1. The number of nitro benzene ring substituents is 1. The number of hydrogen-bond acceptors (Lipinski definition) is 6. The normalized spacial score (nSPS) is 21.5. The fourth-order valence-electron chi connectivity index (χ4n) is 4.15. The van der Waals surface area contributed by atoms with Gasteiger partial charge in [-0.05, 0) is 50.1 Å². The molecule has 7 heteroatoms. The molecule has 2 aromatic rings. The van der Waals surface area contributed by atoms with E-state index in [-0.39, 0.29) is 29.5 Å². The zero-order valence-corrected chi connectivity index (χ0v) is 16.9. The van der Waals surface area contributed by atoms with Crippen molar-refractivity contribution in [3.63, 3.8) is 0 Å². The van der Waals surface area contributed by atoms with Gasteiger partial charge in [-0.2, -0.15) is 0 Å². The number of nitrogens with zero attached hydrogens (tertiary/aromatic N) is 2. The van der Waals surface area contributed by atoms with Crippen LogP contribution in [0, 0.1) is 16.0 Å². The third-order valence-electron chi connectivity index (χ3n) is 5.62. The second kappa shape index (κ2) is 8.94. The van der Waals surface area contributed by atoms with Gasteiger partial charge in [-0.15, -0.1) is 0 Å². The molecule has 1 heterocycles. The van der Waals surface area contributed by atoms with Crippen molar-refractivity contribution in [1.82, 2.24) is 0 Å². The molecule has 3 rings (SSSR count).